The van der Waals surface area contributed by atoms with Crippen molar-refractivity contribution in [3.63, 3.8) is 0 Å². The Balaban J connectivity index is 4.37. The van der Waals surface area contributed by atoms with Crippen LogP contribution in [0.2, 0.25) is 0 Å². The third kappa shape index (κ3) is 66.5. The zero-order valence-corrected chi connectivity index (χ0v) is 53.0. The molecule has 0 heterocycles. The second kappa shape index (κ2) is 68.3. The summed E-state index contributed by atoms with van der Waals surface area (Å²) in [6.45, 7) is 6.50. The molecule has 0 bridgehead atoms. The first kappa shape index (κ1) is 76.8. The number of allylic oxidation sites excluding steroid dienone is 20. The fourth-order valence-corrected chi connectivity index (χ4v) is 9.33. The highest BCUT2D eigenvalue weighted by Gasteiger charge is 2.19. The summed E-state index contributed by atoms with van der Waals surface area (Å²) >= 11 is 0. The number of carbonyl (C=O) groups is 3. The molecule has 462 valence electrons. The average molecular weight is 1120 g/mol. The number of ether oxygens (including phenoxy) is 3. The Hall–Kier alpha value is -4.19. The van der Waals surface area contributed by atoms with Crippen LogP contribution in [0, 0.1) is 0 Å². The van der Waals surface area contributed by atoms with Crippen LogP contribution in [0.5, 0.6) is 0 Å². The number of unbranched alkanes of at least 4 members (excludes halogenated alkanes) is 30. The van der Waals surface area contributed by atoms with Crippen molar-refractivity contribution in [3.05, 3.63) is 122 Å². The van der Waals surface area contributed by atoms with Gasteiger partial charge in [0.2, 0.25) is 0 Å². The summed E-state index contributed by atoms with van der Waals surface area (Å²) in [6, 6.07) is 0. The van der Waals surface area contributed by atoms with E-state index in [1.54, 1.807) is 0 Å². The molecule has 1 unspecified atom stereocenters. The molecule has 0 aliphatic heterocycles. The van der Waals surface area contributed by atoms with E-state index >= 15 is 0 Å². The quantitative estimate of drug-likeness (QED) is 0.0261. The summed E-state index contributed by atoms with van der Waals surface area (Å²) in [5, 5.41) is 0. The minimum absolute atomic E-state index is 0.0901. The Morgan fingerprint density at radius 2 is 0.481 bits per heavy atom. The smallest absolute Gasteiger partial charge is 0.306 e. The molecule has 6 heteroatoms. The van der Waals surface area contributed by atoms with Crippen LogP contribution in [-0.4, -0.2) is 37.2 Å². The van der Waals surface area contributed by atoms with Crippen LogP contribution < -0.4 is 0 Å². The summed E-state index contributed by atoms with van der Waals surface area (Å²) in [5.41, 5.74) is 0. The van der Waals surface area contributed by atoms with E-state index in [0.29, 0.717) is 19.3 Å². The highest BCUT2D eigenvalue weighted by Crippen LogP contribution is 2.16. The number of hydrogen-bond donors (Lipinski definition) is 0. The molecule has 0 saturated heterocycles. The molecule has 0 aliphatic rings. The Kier molecular flexibility index (Phi) is 64.8. The van der Waals surface area contributed by atoms with E-state index < -0.39 is 6.10 Å². The Morgan fingerprint density at radius 3 is 0.778 bits per heavy atom. The van der Waals surface area contributed by atoms with Crippen LogP contribution in [0.3, 0.4) is 0 Å². The van der Waals surface area contributed by atoms with E-state index in [1.807, 2.05) is 0 Å². The first-order valence-electron chi connectivity index (χ1n) is 34.0. The van der Waals surface area contributed by atoms with Crippen molar-refractivity contribution in [2.75, 3.05) is 13.2 Å². The molecule has 0 aromatic carbocycles. The molecular weight excluding hydrogens is 997 g/mol. The fraction of sp³-hybridized carbons (Fsp3) is 0.693. The SMILES string of the molecule is CC/C=C\C/C=C\C/C=C\C/C=C\C/C=C\C/C=C\CCCCCCCCC(=O)OCC(COC(=O)CCCCCCC/C=C\CCCCCC)OC(=O)CCCCCCCCCCCC/C=C\C/C=C\C/C=C\CCCCCCC. The predicted molar refractivity (Wildman–Crippen MR) is 353 cm³/mol. The van der Waals surface area contributed by atoms with Crippen LogP contribution in [0.1, 0.15) is 316 Å². The summed E-state index contributed by atoms with van der Waals surface area (Å²) in [6.07, 6.45) is 94.9. The average Bonchev–Trinajstić information content (AvgIpc) is 3.46. The molecule has 0 amide bonds. The Bertz CT molecular complexity index is 1670. The molecule has 0 fully saturated rings. The molecule has 0 rings (SSSR count). The highest BCUT2D eigenvalue weighted by molar-refractivity contribution is 5.71. The van der Waals surface area contributed by atoms with Crippen molar-refractivity contribution >= 4 is 17.9 Å². The van der Waals surface area contributed by atoms with Gasteiger partial charge in [-0.05, 0) is 135 Å². The Labute approximate surface area is 501 Å². The van der Waals surface area contributed by atoms with Crippen molar-refractivity contribution < 1.29 is 28.6 Å². The van der Waals surface area contributed by atoms with E-state index in [9.17, 15) is 14.4 Å². The van der Waals surface area contributed by atoms with Gasteiger partial charge in [0, 0.05) is 19.3 Å². The van der Waals surface area contributed by atoms with Gasteiger partial charge >= 0.3 is 17.9 Å². The van der Waals surface area contributed by atoms with E-state index in [4.69, 9.17) is 14.2 Å². The predicted octanol–water partition coefficient (Wildman–Crippen LogP) is 23.6. The van der Waals surface area contributed by atoms with Gasteiger partial charge in [-0.2, -0.15) is 0 Å². The normalized spacial score (nSPS) is 12.9. The zero-order valence-electron chi connectivity index (χ0n) is 53.0. The number of hydrogen-bond acceptors (Lipinski definition) is 6. The molecule has 6 nitrogen and oxygen atoms in total. The van der Waals surface area contributed by atoms with Gasteiger partial charge in [-0.1, -0.05) is 284 Å². The molecule has 0 spiro atoms. The highest BCUT2D eigenvalue weighted by atomic mass is 16.6. The molecule has 1 atom stereocenters. The second-order valence-corrected chi connectivity index (χ2v) is 22.3. The molecule has 0 radical (unpaired) electrons. The van der Waals surface area contributed by atoms with Crippen LogP contribution in [-0.2, 0) is 28.6 Å². The third-order valence-electron chi connectivity index (χ3n) is 14.4. The topological polar surface area (TPSA) is 78.9 Å². The molecule has 0 aliphatic carbocycles. The van der Waals surface area contributed by atoms with Gasteiger partial charge in [-0.15, -0.1) is 0 Å². The molecule has 81 heavy (non-hydrogen) atoms. The van der Waals surface area contributed by atoms with Crippen molar-refractivity contribution in [2.24, 2.45) is 0 Å². The lowest BCUT2D eigenvalue weighted by molar-refractivity contribution is -0.167. The number of carbonyl (C=O) groups excluding carboxylic acids is 3. The fourth-order valence-electron chi connectivity index (χ4n) is 9.33. The van der Waals surface area contributed by atoms with Gasteiger partial charge in [-0.25, -0.2) is 0 Å². The van der Waals surface area contributed by atoms with E-state index in [0.717, 1.165) is 128 Å². The molecular formula is C75H126O6. The summed E-state index contributed by atoms with van der Waals surface area (Å²) in [4.78, 5) is 38.4. The van der Waals surface area contributed by atoms with Crippen molar-refractivity contribution in [1.29, 1.82) is 0 Å². The third-order valence-corrected chi connectivity index (χ3v) is 14.4. The monoisotopic (exact) mass is 1120 g/mol. The molecule has 0 saturated carbocycles. The van der Waals surface area contributed by atoms with Gasteiger partial charge in [0.25, 0.3) is 0 Å². The first-order valence-corrected chi connectivity index (χ1v) is 34.0. The number of rotatable bonds is 61. The van der Waals surface area contributed by atoms with Gasteiger partial charge in [0.15, 0.2) is 6.10 Å². The van der Waals surface area contributed by atoms with Crippen LogP contribution in [0.4, 0.5) is 0 Å². The largest absolute Gasteiger partial charge is 0.462 e. The minimum atomic E-state index is -0.795. The van der Waals surface area contributed by atoms with E-state index in [1.165, 1.54) is 148 Å². The Morgan fingerprint density at radius 1 is 0.259 bits per heavy atom. The van der Waals surface area contributed by atoms with Crippen LogP contribution >= 0.6 is 0 Å². The van der Waals surface area contributed by atoms with E-state index in [-0.39, 0.29) is 31.1 Å². The maximum atomic E-state index is 12.9. The lowest BCUT2D eigenvalue weighted by atomic mass is 10.0. The van der Waals surface area contributed by atoms with Gasteiger partial charge < -0.3 is 14.2 Å². The molecule has 0 aromatic rings. The second-order valence-electron chi connectivity index (χ2n) is 22.3. The maximum Gasteiger partial charge on any atom is 0.306 e. The van der Waals surface area contributed by atoms with Crippen LogP contribution in [0.15, 0.2) is 122 Å². The van der Waals surface area contributed by atoms with Crippen molar-refractivity contribution in [1.82, 2.24) is 0 Å². The summed E-state index contributed by atoms with van der Waals surface area (Å²) in [5.74, 6) is -0.910. The van der Waals surface area contributed by atoms with E-state index in [2.05, 4.69) is 142 Å². The van der Waals surface area contributed by atoms with Crippen LogP contribution in [0.25, 0.3) is 0 Å². The molecule has 0 aromatic heterocycles. The zero-order chi connectivity index (χ0) is 58.5. The van der Waals surface area contributed by atoms with Crippen molar-refractivity contribution in [3.8, 4) is 0 Å². The van der Waals surface area contributed by atoms with Crippen molar-refractivity contribution in [2.45, 2.75) is 322 Å². The lowest BCUT2D eigenvalue weighted by Crippen LogP contribution is -2.30. The van der Waals surface area contributed by atoms with Gasteiger partial charge in [-0.3, -0.25) is 14.4 Å². The summed E-state index contributed by atoms with van der Waals surface area (Å²) in [7, 11) is 0. The molecule has 0 N–H and O–H groups in total. The number of esters is 3. The summed E-state index contributed by atoms with van der Waals surface area (Å²) < 4.78 is 16.9. The maximum absolute atomic E-state index is 12.9. The van der Waals surface area contributed by atoms with Gasteiger partial charge in [0.1, 0.15) is 13.2 Å². The standard InChI is InChI=1S/C75H126O6/c1-4-7-10-13-16-19-22-25-27-29-31-33-35-37-39-41-43-45-47-50-53-56-59-62-65-68-74(77)80-71-72(70-79-73(76)67-64-61-58-55-52-49-24-21-18-15-12-9-6-3)81-75(78)69-66-63-60-57-54-51-48-46-44-42-40-38-36-34-32-30-28-26-23-20-17-14-11-8-5-2/h7,10,16,19,21,23-27,30-33,36-39,43,45,72H,4-6,8-9,11-15,17-18,20,22,28-29,34-35,40-42,44,46-71H2,1-3H3/b10-7-,19-16-,24-21-,26-23-,27-25-,32-30-,33-31-,38-36-,39-37-,45-43-. The lowest BCUT2D eigenvalue weighted by Gasteiger charge is -2.18. The minimum Gasteiger partial charge on any atom is -0.462 e. The van der Waals surface area contributed by atoms with Gasteiger partial charge in [0.05, 0.1) is 0 Å². The first-order chi connectivity index (χ1) is 40.0.